The molecule has 0 bridgehead atoms. The fourth-order valence-electron chi connectivity index (χ4n) is 0.891. The molecule has 66 valence electrons. The number of ether oxygens (including phenoxy) is 2. The molecule has 0 saturated carbocycles. The monoisotopic (exact) mass is 171 g/mol. The number of nitrogens with zero attached hydrogens (tertiary/aromatic N) is 1. The van der Waals surface area contributed by atoms with E-state index in [0.717, 1.165) is 6.20 Å². The molecular formula is C7H9NO4. The van der Waals surface area contributed by atoms with Crippen molar-refractivity contribution in [3.63, 3.8) is 0 Å². The second-order valence-corrected chi connectivity index (χ2v) is 2.22. The van der Waals surface area contributed by atoms with Crippen LogP contribution in [-0.4, -0.2) is 23.9 Å². The van der Waals surface area contributed by atoms with Crippen molar-refractivity contribution in [1.82, 2.24) is 0 Å². The van der Waals surface area contributed by atoms with Crippen LogP contribution in [0, 0.1) is 10.1 Å². The first kappa shape index (κ1) is 8.89. The predicted octanol–water partition coefficient (Wildman–Crippen LogP) is 0.706. The highest BCUT2D eigenvalue weighted by atomic mass is 16.7. The molecule has 0 aromatic heterocycles. The molecule has 0 amide bonds. The molecule has 5 heteroatoms. The van der Waals surface area contributed by atoms with Gasteiger partial charge in [0.05, 0.1) is 18.1 Å². The first-order valence-corrected chi connectivity index (χ1v) is 3.43. The number of hydrogen-bond donors (Lipinski definition) is 0. The van der Waals surface area contributed by atoms with E-state index in [1.165, 1.54) is 12.2 Å². The Morgan fingerprint density at radius 1 is 1.50 bits per heavy atom. The largest absolute Gasteiger partial charge is 0.341 e. The van der Waals surface area contributed by atoms with Crippen molar-refractivity contribution in [2.75, 3.05) is 13.2 Å². The maximum atomic E-state index is 9.99. The Balaban J connectivity index is 2.67. The maximum Gasteiger partial charge on any atom is 0.236 e. The SMILES string of the molecule is C=CC1(/C=C/[N+](=O)[O-])OCCO1. The fourth-order valence-corrected chi connectivity index (χ4v) is 0.891. The molecule has 1 aliphatic rings. The summed E-state index contributed by atoms with van der Waals surface area (Å²) < 4.78 is 10.2. The second kappa shape index (κ2) is 3.46. The van der Waals surface area contributed by atoms with Gasteiger partial charge in [-0.25, -0.2) is 0 Å². The quantitative estimate of drug-likeness (QED) is 0.356. The van der Waals surface area contributed by atoms with Gasteiger partial charge in [-0.15, -0.1) is 0 Å². The first-order chi connectivity index (χ1) is 5.68. The van der Waals surface area contributed by atoms with E-state index in [1.54, 1.807) is 0 Å². The minimum absolute atomic E-state index is 0.425. The summed E-state index contributed by atoms with van der Waals surface area (Å²) in [5.41, 5.74) is 0. The molecule has 1 heterocycles. The average molecular weight is 171 g/mol. The lowest BCUT2D eigenvalue weighted by Gasteiger charge is -2.16. The molecule has 0 aromatic carbocycles. The number of nitro groups is 1. The zero-order valence-electron chi connectivity index (χ0n) is 6.43. The van der Waals surface area contributed by atoms with Gasteiger partial charge in [0.15, 0.2) is 0 Å². The van der Waals surface area contributed by atoms with Crippen molar-refractivity contribution in [3.8, 4) is 0 Å². The van der Waals surface area contributed by atoms with Crippen molar-refractivity contribution in [1.29, 1.82) is 0 Å². The highest BCUT2D eigenvalue weighted by Gasteiger charge is 2.31. The Morgan fingerprint density at radius 3 is 2.50 bits per heavy atom. The summed E-state index contributed by atoms with van der Waals surface area (Å²) in [6, 6.07) is 0. The Kier molecular flexibility index (Phi) is 2.57. The van der Waals surface area contributed by atoms with Crippen LogP contribution < -0.4 is 0 Å². The Morgan fingerprint density at radius 2 is 2.08 bits per heavy atom. The average Bonchev–Trinajstić information content (AvgIpc) is 2.50. The molecule has 5 nitrogen and oxygen atoms in total. The molecule has 0 N–H and O–H groups in total. The van der Waals surface area contributed by atoms with Gasteiger partial charge in [-0.3, -0.25) is 10.1 Å². The van der Waals surface area contributed by atoms with E-state index in [9.17, 15) is 10.1 Å². The molecule has 0 atom stereocenters. The van der Waals surface area contributed by atoms with E-state index in [4.69, 9.17) is 9.47 Å². The summed E-state index contributed by atoms with van der Waals surface area (Å²) >= 11 is 0. The van der Waals surface area contributed by atoms with Gasteiger partial charge in [-0.1, -0.05) is 6.58 Å². The molecular weight excluding hydrogens is 162 g/mol. The lowest BCUT2D eigenvalue weighted by atomic mass is 10.3. The van der Waals surface area contributed by atoms with E-state index in [-0.39, 0.29) is 0 Å². The summed E-state index contributed by atoms with van der Waals surface area (Å²) in [5.74, 6) is -1.09. The van der Waals surface area contributed by atoms with Gasteiger partial charge in [-0.2, -0.15) is 0 Å². The van der Waals surface area contributed by atoms with Crippen LogP contribution in [0.2, 0.25) is 0 Å². The number of rotatable bonds is 3. The van der Waals surface area contributed by atoms with Crippen LogP contribution in [0.1, 0.15) is 0 Å². The van der Waals surface area contributed by atoms with Gasteiger partial charge in [0.1, 0.15) is 0 Å². The number of hydrogen-bond acceptors (Lipinski definition) is 4. The van der Waals surface area contributed by atoms with Crippen molar-refractivity contribution in [2.24, 2.45) is 0 Å². The normalized spacial score (nSPS) is 21.3. The van der Waals surface area contributed by atoms with Crippen LogP contribution in [-0.2, 0) is 9.47 Å². The molecule has 1 rings (SSSR count). The highest BCUT2D eigenvalue weighted by Crippen LogP contribution is 2.21. The van der Waals surface area contributed by atoms with E-state index in [2.05, 4.69) is 6.58 Å². The van der Waals surface area contributed by atoms with Crippen molar-refractivity contribution >= 4 is 0 Å². The molecule has 12 heavy (non-hydrogen) atoms. The van der Waals surface area contributed by atoms with Crippen LogP contribution >= 0.6 is 0 Å². The molecule has 0 unspecified atom stereocenters. The fraction of sp³-hybridized carbons (Fsp3) is 0.429. The van der Waals surface area contributed by atoms with Gasteiger partial charge in [0, 0.05) is 6.08 Å². The molecule has 0 aliphatic carbocycles. The lowest BCUT2D eigenvalue weighted by Crippen LogP contribution is -2.23. The Hall–Kier alpha value is -1.20. The third kappa shape index (κ3) is 1.90. The van der Waals surface area contributed by atoms with Gasteiger partial charge >= 0.3 is 0 Å². The first-order valence-electron chi connectivity index (χ1n) is 3.43. The minimum Gasteiger partial charge on any atom is -0.341 e. The van der Waals surface area contributed by atoms with Gasteiger partial charge in [0.2, 0.25) is 12.0 Å². The van der Waals surface area contributed by atoms with Crippen LogP contribution in [0.3, 0.4) is 0 Å². The van der Waals surface area contributed by atoms with Gasteiger partial charge < -0.3 is 9.47 Å². The van der Waals surface area contributed by atoms with Crippen molar-refractivity contribution in [3.05, 3.63) is 35.0 Å². The summed E-state index contributed by atoms with van der Waals surface area (Å²) in [6.07, 6.45) is 3.40. The van der Waals surface area contributed by atoms with Gasteiger partial charge in [0.25, 0.3) is 0 Å². The van der Waals surface area contributed by atoms with E-state index >= 15 is 0 Å². The van der Waals surface area contributed by atoms with E-state index in [1.807, 2.05) is 0 Å². The molecule has 0 radical (unpaired) electrons. The molecule has 1 fully saturated rings. The summed E-state index contributed by atoms with van der Waals surface area (Å²) in [6.45, 7) is 4.32. The Bertz CT molecular complexity index is 217. The molecule has 0 spiro atoms. The summed E-state index contributed by atoms with van der Waals surface area (Å²) in [7, 11) is 0. The van der Waals surface area contributed by atoms with Crippen molar-refractivity contribution < 1.29 is 14.4 Å². The van der Waals surface area contributed by atoms with Crippen LogP contribution in [0.25, 0.3) is 0 Å². The lowest BCUT2D eigenvalue weighted by molar-refractivity contribution is -0.403. The third-order valence-corrected chi connectivity index (χ3v) is 1.45. The van der Waals surface area contributed by atoms with E-state index in [0.29, 0.717) is 13.2 Å². The summed E-state index contributed by atoms with van der Waals surface area (Å²) in [5, 5.41) is 9.99. The Labute approximate surface area is 69.4 Å². The smallest absolute Gasteiger partial charge is 0.236 e. The highest BCUT2D eigenvalue weighted by molar-refractivity contribution is 5.06. The standard InChI is InChI=1S/C7H9NO4/c1-2-7(3-4-8(9)10)11-5-6-12-7/h2-4H,1,5-6H2/b4-3+. The molecule has 1 aliphatic heterocycles. The van der Waals surface area contributed by atoms with Crippen LogP contribution in [0.15, 0.2) is 24.9 Å². The molecule has 0 aromatic rings. The zero-order valence-corrected chi connectivity index (χ0v) is 6.43. The minimum atomic E-state index is -1.09. The third-order valence-electron chi connectivity index (χ3n) is 1.45. The van der Waals surface area contributed by atoms with Crippen LogP contribution in [0.4, 0.5) is 0 Å². The van der Waals surface area contributed by atoms with E-state index < -0.39 is 10.7 Å². The molecule has 1 saturated heterocycles. The van der Waals surface area contributed by atoms with Crippen LogP contribution in [0.5, 0.6) is 0 Å². The zero-order chi connectivity index (χ0) is 9.03. The second-order valence-electron chi connectivity index (χ2n) is 2.22. The van der Waals surface area contributed by atoms with Crippen molar-refractivity contribution in [2.45, 2.75) is 5.79 Å². The predicted molar refractivity (Wildman–Crippen MR) is 41.0 cm³/mol. The topological polar surface area (TPSA) is 61.6 Å². The summed E-state index contributed by atoms with van der Waals surface area (Å²) in [4.78, 5) is 9.41. The maximum absolute atomic E-state index is 9.99. The van der Waals surface area contributed by atoms with Gasteiger partial charge in [-0.05, 0) is 6.08 Å².